The molecule has 0 fully saturated rings. The number of hydrogen-bond donors (Lipinski definition) is 1. The van der Waals surface area contributed by atoms with Gasteiger partial charge in [-0.3, -0.25) is 0 Å². The number of benzene rings is 1. The molecule has 0 aliphatic carbocycles. The maximum atomic E-state index is 13.0. The molecule has 6 heteroatoms. The second kappa shape index (κ2) is 5.29. The van der Waals surface area contributed by atoms with E-state index in [-0.39, 0.29) is 11.9 Å². The third kappa shape index (κ3) is 3.04. The topological polar surface area (TPSA) is 47.3 Å². The maximum Gasteiger partial charge on any atom is 0.399 e. The molecule has 4 nitrogen and oxygen atoms in total. The summed E-state index contributed by atoms with van der Waals surface area (Å²) < 4.78 is 23.8. The fourth-order valence-electron chi connectivity index (χ4n) is 1.24. The number of nitrogens with one attached hydrogen (secondary N) is 1. The fourth-order valence-corrected chi connectivity index (χ4v) is 1.60. The van der Waals surface area contributed by atoms with E-state index < -0.39 is 0 Å². The van der Waals surface area contributed by atoms with Crippen LogP contribution in [0.1, 0.15) is 5.69 Å². The SMILES string of the molecule is CNCc1coc(Oc2ccc(F)c(Br)c2)n1. The first kappa shape index (κ1) is 12.1. The van der Waals surface area contributed by atoms with Gasteiger partial charge in [0.05, 0.1) is 10.2 Å². The van der Waals surface area contributed by atoms with Crippen LogP contribution in [0.25, 0.3) is 0 Å². The Morgan fingerprint density at radius 3 is 3.06 bits per heavy atom. The average Bonchev–Trinajstić information content (AvgIpc) is 2.72. The summed E-state index contributed by atoms with van der Waals surface area (Å²) in [7, 11) is 1.81. The van der Waals surface area contributed by atoms with Crippen LogP contribution < -0.4 is 10.1 Å². The Hall–Kier alpha value is -1.40. The zero-order chi connectivity index (χ0) is 12.3. The minimum absolute atomic E-state index is 0.133. The number of ether oxygens (including phenoxy) is 1. The molecule has 0 spiro atoms. The molecule has 2 rings (SSSR count). The van der Waals surface area contributed by atoms with E-state index in [2.05, 4.69) is 26.2 Å². The van der Waals surface area contributed by atoms with Crippen molar-refractivity contribution in [3.63, 3.8) is 0 Å². The predicted octanol–water partition coefficient (Wildman–Crippen LogP) is 3.09. The smallest absolute Gasteiger partial charge is 0.399 e. The highest BCUT2D eigenvalue weighted by molar-refractivity contribution is 9.10. The lowest BCUT2D eigenvalue weighted by molar-refractivity contribution is 0.330. The molecule has 0 unspecified atom stereocenters. The molecule has 1 aromatic heterocycles. The van der Waals surface area contributed by atoms with Crippen LogP contribution in [0.5, 0.6) is 11.8 Å². The van der Waals surface area contributed by atoms with E-state index in [1.54, 1.807) is 0 Å². The minimum atomic E-state index is -0.347. The van der Waals surface area contributed by atoms with Crippen LogP contribution in [-0.4, -0.2) is 12.0 Å². The molecule has 0 aliphatic rings. The maximum absolute atomic E-state index is 13.0. The quantitative estimate of drug-likeness (QED) is 0.942. The molecule has 0 atom stereocenters. The first-order chi connectivity index (χ1) is 8.19. The van der Waals surface area contributed by atoms with Gasteiger partial charge < -0.3 is 14.5 Å². The summed E-state index contributed by atoms with van der Waals surface area (Å²) in [5.74, 6) is 0.108. The number of hydrogen-bond acceptors (Lipinski definition) is 4. The van der Waals surface area contributed by atoms with Crippen molar-refractivity contribution in [1.29, 1.82) is 0 Å². The highest BCUT2D eigenvalue weighted by Gasteiger charge is 2.07. The summed E-state index contributed by atoms with van der Waals surface area (Å²) in [6, 6.07) is 4.32. The van der Waals surface area contributed by atoms with Crippen LogP contribution in [-0.2, 0) is 6.54 Å². The Bertz CT molecular complexity index is 516. The molecular formula is C11H10BrFN2O2. The van der Waals surface area contributed by atoms with Gasteiger partial charge in [-0.15, -0.1) is 0 Å². The number of rotatable bonds is 4. The van der Waals surface area contributed by atoms with Gasteiger partial charge in [0.15, 0.2) is 0 Å². The Labute approximate surface area is 106 Å². The molecule has 1 aromatic carbocycles. The van der Waals surface area contributed by atoms with Crippen molar-refractivity contribution in [2.75, 3.05) is 7.05 Å². The van der Waals surface area contributed by atoms with Crippen molar-refractivity contribution >= 4 is 15.9 Å². The lowest BCUT2D eigenvalue weighted by Crippen LogP contribution is -2.04. The predicted molar refractivity (Wildman–Crippen MR) is 63.4 cm³/mol. The summed E-state index contributed by atoms with van der Waals surface area (Å²) in [4.78, 5) is 4.09. The van der Waals surface area contributed by atoms with E-state index in [0.717, 1.165) is 5.69 Å². The molecule has 17 heavy (non-hydrogen) atoms. The lowest BCUT2D eigenvalue weighted by atomic mass is 10.3. The van der Waals surface area contributed by atoms with E-state index in [1.807, 2.05) is 7.05 Å². The van der Waals surface area contributed by atoms with Gasteiger partial charge >= 0.3 is 6.08 Å². The molecule has 0 radical (unpaired) electrons. The highest BCUT2D eigenvalue weighted by atomic mass is 79.9. The summed E-state index contributed by atoms with van der Waals surface area (Å²) in [6.45, 7) is 0.597. The number of nitrogens with zero attached hydrogens (tertiary/aromatic N) is 1. The van der Waals surface area contributed by atoms with Gasteiger partial charge in [-0.1, -0.05) is 0 Å². The van der Waals surface area contributed by atoms with E-state index in [0.29, 0.717) is 16.8 Å². The van der Waals surface area contributed by atoms with Gasteiger partial charge in [-0.05, 0) is 41.2 Å². The van der Waals surface area contributed by atoms with Crippen LogP contribution in [0.3, 0.4) is 0 Å². The van der Waals surface area contributed by atoms with Crippen molar-refractivity contribution in [3.05, 3.63) is 40.4 Å². The van der Waals surface area contributed by atoms with Gasteiger partial charge in [-0.25, -0.2) is 4.39 Å². The van der Waals surface area contributed by atoms with E-state index >= 15 is 0 Å². The van der Waals surface area contributed by atoms with Crippen molar-refractivity contribution < 1.29 is 13.5 Å². The molecule has 0 bridgehead atoms. The number of aromatic nitrogens is 1. The third-order valence-electron chi connectivity index (χ3n) is 1.98. The fraction of sp³-hybridized carbons (Fsp3) is 0.182. The minimum Gasteiger partial charge on any atom is -0.417 e. The molecule has 0 amide bonds. The summed E-state index contributed by atoms with van der Waals surface area (Å²) in [5, 5.41) is 2.94. The highest BCUT2D eigenvalue weighted by Crippen LogP contribution is 2.25. The Morgan fingerprint density at radius 1 is 1.53 bits per heavy atom. The normalized spacial score (nSPS) is 10.5. The van der Waals surface area contributed by atoms with Crippen LogP contribution in [0, 0.1) is 5.82 Å². The Kier molecular flexibility index (Phi) is 3.75. The largest absolute Gasteiger partial charge is 0.417 e. The Morgan fingerprint density at radius 2 is 2.35 bits per heavy atom. The monoisotopic (exact) mass is 300 g/mol. The number of halogens is 2. The molecule has 0 saturated carbocycles. The van der Waals surface area contributed by atoms with Gasteiger partial charge in [0.2, 0.25) is 0 Å². The van der Waals surface area contributed by atoms with Crippen molar-refractivity contribution in [3.8, 4) is 11.8 Å². The molecule has 0 saturated heterocycles. The van der Waals surface area contributed by atoms with Crippen molar-refractivity contribution in [2.45, 2.75) is 6.54 Å². The van der Waals surface area contributed by atoms with E-state index in [9.17, 15) is 4.39 Å². The van der Waals surface area contributed by atoms with Gasteiger partial charge in [0.1, 0.15) is 17.8 Å². The standard InChI is InChI=1S/C11H10BrFN2O2/c1-14-5-7-6-16-11(15-7)17-8-2-3-10(13)9(12)4-8/h2-4,6,14H,5H2,1H3. The van der Waals surface area contributed by atoms with E-state index in [4.69, 9.17) is 9.15 Å². The molecule has 0 aliphatic heterocycles. The van der Waals surface area contributed by atoms with Crippen LogP contribution in [0.15, 0.2) is 33.4 Å². The summed E-state index contributed by atoms with van der Waals surface area (Å²) in [5.41, 5.74) is 0.740. The van der Waals surface area contributed by atoms with Crippen LogP contribution >= 0.6 is 15.9 Å². The molecule has 2 aromatic rings. The van der Waals surface area contributed by atoms with Crippen molar-refractivity contribution in [2.24, 2.45) is 0 Å². The van der Waals surface area contributed by atoms with Gasteiger partial charge in [-0.2, -0.15) is 4.98 Å². The molecule has 1 heterocycles. The molecular weight excluding hydrogens is 291 g/mol. The summed E-state index contributed by atoms with van der Waals surface area (Å²) >= 11 is 3.07. The zero-order valence-corrected chi connectivity index (χ0v) is 10.6. The van der Waals surface area contributed by atoms with Gasteiger partial charge in [0, 0.05) is 6.54 Å². The second-order valence-corrected chi connectivity index (χ2v) is 4.17. The Balaban J connectivity index is 2.11. The van der Waals surface area contributed by atoms with Crippen LogP contribution in [0.2, 0.25) is 0 Å². The van der Waals surface area contributed by atoms with Crippen LogP contribution in [0.4, 0.5) is 4.39 Å². The first-order valence-corrected chi connectivity index (χ1v) is 5.70. The molecule has 1 N–H and O–H groups in total. The van der Waals surface area contributed by atoms with E-state index in [1.165, 1.54) is 24.5 Å². The van der Waals surface area contributed by atoms with Crippen molar-refractivity contribution in [1.82, 2.24) is 10.3 Å². The lowest BCUT2D eigenvalue weighted by Gasteiger charge is -2.01. The summed E-state index contributed by atoms with van der Waals surface area (Å²) in [6.07, 6.45) is 1.64. The van der Waals surface area contributed by atoms with Gasteiger partial charge in [0.25, 0.3) is 0 Å². The third-order valence-corrected chi connectivity index (χ3v) is 2.59. The number of oxazole rings is 1. The first-order valence-electron chi connectivity index (χ1n) is 4.91. The molecule has 90 valence electrons. The second-order valence-electron chi connectivity index (χ2n) is 3.31. The zero-order valence-electron chi connectivity index (χ0n) is 9.04. The average molecular weight is 301 g/mol.